The summed E-state index contributed by atoms with van der Waals surface area (Å²) in [7, 11) is 0. The van der Waals surface area contributed by atoms with Gasteiger partial charge in [0, 0.05) is 6.20 Å². The molecule has 1 aromatic heterocycles. The van der Waals surface area contributed by atoms with Gasteiger partial charge in [-0.25, -0.2) is 0 Å². The SMILES string of the molecule is O=C(O)Cc1ccnc(CC(=O)O)c1CC(=O)O. The summed E-state index contributed by atoms with van der Waals surface area (Å²) >= 11 is 0. The van der Waals surface area contributed by atoms with Crippen LogP contribution in [0.5, 0.6) is 0 Å². The van der Waals surface area contributed by atoms with Gasteiger partial charge in [0.25, 0.3) is 0 Å². The molecule has 0 aliphatic heterocycles. The first-order valence-electron chi connectivity index (χ1n) is 5.01. The van der Waals surface area contributed by atoms with Crippen molar-refractivity contribution in [2.75, 3.05) is 0 Å². The van der Waals surface area contributed by atoms with Gasteiger partial charge in [-0.15, -0.1) is 0 Å². The molecular weight excluding hydrogens is 242 g/mol. The van der Waals surface area contributed by atoms with Gasteiger partial charge in [0.05, 0.1) is 25.0 Å². The highest BCUT2D eigenvalue weighted by Gasteiger charge is 2.16. The number of carbonyl (C=O) groups is 3. The first-order valence-corrected chi connectivity index (χ1v) is 5.01. The molecule has 0 spiro atoms. The quantitative estimate of drug-likeness (QED) is 0.649. The van der Waals surface area contributed by atoms with Gasteiger partial charge in [0.2, 0.25) is 0 Å². The van der Waals surface area contributed by atoms with Crippen molar-refractivity contribution in [1.29, 1.82) is 0 Å². The lowest BCUT2D eigenvalue weighted by Crippen LogP contribution is -2.14. The molecule has 0 saturated carbocycles. The number of carboxylic acid groups (broad SMARTS) is 3. The Kier molecular flexibility index (Phi) is 4.36. The minimum absolute atomic E-state index is 0.0867. The third-order valence-electron chi connectivity index (χ3n) is 2.23. The average molecular weight is 253 g/mol. The largest absolute Gasteiger partial charge is 0.481 e. The monoisotopic (exact) mass is 253 g/mol. The summed E-state index contributed by atoms with van der Waals surface area (Å²) in [5.74, 6) is -3.43. The fourth-order valence-corrected chi connectivity index (χ4v) is 1.57. The standard InChI is InChI=1S/C11H11NO6/c13-9(14)3-6-1-2-12-8(5-11(17)18)7(6)4-10(15)16/h1-2H,3-5H2,(H,13,14)(H,15,16)(H,17,18). The second kappa shape index (κ2) is 5.76. The first kappa shape index (κ1) is 13.6. The zero-order valence-electron chi connectivity index (χ0n) is 9.29. The van der Waals surface area contributed by atoms with Gasteiger partial charge < -0.3 is 15.3 Å². The van der Waals surface area contributed by atoms with E-state index >= 15 is 0 Å². The smallest absolute Gasteiger partial charge is 0.309 e. The summed E-state index contributed by atoms with van der Waals surface area (Å²) in [6.07, 6.45) is 0.0365. The van der Waals surface area contributed by atoms with E-state index in [4.69, 9.17) is 15.3 Å². The van der Waals surface area contributed by atoms with Crippen LogP contribution < -0.4 is 0 Å². The van der Waals surface area contributed by atoms with Crippen LogP contribution >= 0.6 is 0 Å². The minimum Gasteiger partial charge on any atom is -0.481 e. The molecule has 0 aliphatic carbocycles. The van der Waals surface area contributed by atoms with Gasteiger partial charge in [-0.1, -0.05) is 0 Å². The lowest BCUT2D eigenvalue weighted by Gasteiger charge is -2.09. The molecule has 96 valence electrons. The van der Waals surface area contributed by atoms with Gasteiger partial charge in [0.1, 0.15) is 0 Å². The second-order valence-corrected chi connectivity index (χ2v) is 3.61. The highest BCUT2D eigenvalue weighted by atomic mass is 16.4. The van der Waals surface area contributed by atoms with Gasteiger partial charge in [-0.3, -0.25) is 19.4 Å². The van der Waals surface area contributed by atoms with E-state index in [1.807, 2.05) is 0 Å². The normalized spacial score (nSPS) is 10.0. The Morgan fingerprint density at radius 3 is 2.00 bits per heavy atom. The number of hydrogen-bond donors (Lipinski definition) is 3. The molecule has 0 amide bonds. The van der Waals surface area contributed by atoms with Crippen LogP contribution in [0, 0.1) is 0 Å². The van der Waals surface area contributed by atoms with Crippen LogP contribution in [0.3, 0.4) is 0 Å². The molecule has 3 N–H and O–H groups in total. The molecule has 0 radical (unpaired) electrons. The van der Waals surface area contributed by atoms with Crippen molar-refractivity contribution in [3.8, 4) is 0 Å². The summed E-state index contributed by atoms with van der Waals surface area (Å²) in [4.78, 5) is 35.8. The second-order valence-electron chi connectivity index (χ2n) is 3.61. The summed E-state index contributed by atoms with van der Waals surface area (Å²) in [5, 5.41) is 26.2. The van der Waals surface area contributed by atoms with Crippen molar-refractivity contribution in [3.63, 3.8) is 0 Å². The van der Waals surface area contributed by atoms with E-state index in [2.05, 4.69) is 4.98 Å². The maximum Gasteiger partial charge on any atom is 0.309 e. The summed E-state index contributed by atoms with van der Waals surface area (Å²) in [6.45, 7) is 0. The number of hydrogen-bond acceptors (Lipinski definition) is 4. The number of carboxylic acids is 3. The molecule has 0 fully saturated rings. The molecule has 0 aromatic carbocycles. The zero-order chi connectivity index (χ0) is 13.7. The maximum absolute atomic E-state index is 10.7. The lowest BCUT2D eigenvalue weighted by atomic mass is 9.99. The molecule has 0 aliphatic rings. The van der Waals surface area contributed by atoms with E-state index in [-0.39, 0.29) is 23.2 Å². The first-order chi connectivity index (χ1) is 8.40. The molecule has 0 saturated heterocycles. The van der Waals surface area contributed by atoms with Crippen molar-refractivity contribution in [3.05, 3.63) is 29.1 Å². The van der Waals surface area contributed by atoms with E-state index in [1.54, 1.807) is 0 Å². The molecule has 18 heavy (non-hydrogen) atoms. The van der Waals surface area contributed by atoms with Crippen molar-refractivity contribution >= 4 is 17.9 Å². The van der Waals surface area contributed by atoms with E-state index < -0.39 is 30.7 Å². The topological polar surface area (TPSA) is 125 Å². The van der Waals surface area contributed by atoms with Crippen molar-refractivity contribution in [2.45, 2.75) is 19.3 Å². The Morgan fingerprint density at radius 2 is 1.50 bits per heavy atom. The van der Waals surface area contributed by atoms with E-state index in [9.17, 15) is 14.4 Å². The zero-order valence-corrected chi connectivity index (χ0v) is 9.29. The van der Waals surface area contributed by atoms with Crippen molar-refractivity contribution in [1.82, 2.24) is 4.98 Å². The fraction of sp³-hybridized carbons (Fsp3) is 0.273. The van der Waals surface area contributed by atoms with E-state index in [0.29, 0.717) is 0 Å². The number of rotatable bonds is 6. The molecule has 0 unspecified atom stereocenters. The molecule has 1 heterocycles. The number of aromatic nitrogens is 1. The molecular formula is C11H11NO6. The highest BCUT2D eigenvalue weighted by Crippen LogP contribution is 2.15. The summed E-state index contributed by atoms with van der Waals surface area (Å²) < 4.78 is 0. The lowest BCUT2D eigenvalue weighted by molar-refractivity contribution is -0.138. The highest BCUT2D eigenvalue weighted by molar-refractivity contribution is 5.76. The number of nitrogens with zero attached hydrogens (tertiary/aromatic N) is 1. The Bertz CT molecular complexity index is 462. The van der Waals surface area contributed by atoms with Crippen molar-refractivity contribution < 1.29 is 29.7 Å². The molecule has 7 nitrogen and oxygen atoms in total. The predicted octanol–water partition coefficient (Wildman–Crippen LogP) is -0.0371. The fourth-order valence-electron chi connectivity index (χ4n) is 1.57. The molecule has 0 atom stereocenters. The van der Waals surface area contributed by atoms with Crippen LogP contribution in [0.25, 0.3) is 0 Å². The Morgan fingerprint density at radius 1 is 0.944 bits per heavy atom. The van der Waals surface area contributed by atoms with E-state index in [0.717, 1.165) is 0 Å². The Hall–Kier alpha value is -2.44. The summed E-state index contributed by atoms with van der Waals surface area (Å²) in [6, 6.07) is 1.39. The molecule has 1 rings (SSSR count). The molecule has 7 heteroatoms. The van der Waals surface area contributed by atoms with E-state index in [1.165, 1.54) is 12.3 Å². The average Bonchev–Trinajstić information content (AvgIpc) is 2.20. The van der Waals surface area contributed by atoms with Crippen LogP contribution in [0.1, 0.15) is 16.8 Å². The van der Waals surface area contributed by atoms with Gasteiger partial charge in [-0.2, -0.15) is 0 Å². The number of pyridine rings is 1. The maximum atomic E-state index is 10.7. The molecule has 0 bridgehead atoms. The van der Waals surface area contributed by atoms with Gasteiger partial charge in [-0.05, 0) is 17.2 Å². The van der Waals surface area contributed by atoms with Gasteiger partial charge >= 0.3 is 17.9 Å². The third-order valence-corrected chi connectivity index (χ3v) is 2.23. The summed E-state index contributed by atoms with van der Waals surface area (Å²) in [5.41, 5.74) is 0.523. The van der Waals surface area contributed by atoms with Gasteiger partial charge in [0.15, 0.2) is 0 Å². The Balaban J connectivity index is 3.19. The van der Waals surface area contributed by atoms with Crippen LogP contribution in [-0.2, 0) is 33.6 Å². The van der Waals surface area contributed by atoms with Crippen LogP contribution in [0.15, 0.2) is 12.3 Å². The molecule has 1 aromatic rings. The van der Waals surface area contributed by atoms with Crippen LogP contribution in [0.4, 0.5) is 0 Å². The number of aliphatic carboxylic acids is 3. The Labute approximate surface area is 102 Å². The van der Waals surface area contributed by atoms with Crippen molar-refractivity contribution in [2.24, 2.45) is 0 Å². The predicted molar refractivity (Wildman–Crippen MR) is 58.3 cm³/mol. The third kappa shape index (κ3) is 3.85. The van der Waals surface area contributed by atoms with Crippen LogP contribution in [-0.4, -0.2) is 38.2 Å². The van der Waals surface area contributed by atoms with Crippen LogP contribution in [0.2, 0.25) is 0 Å². The minimum atomic E-state index is -1.17.